The number of epoxide rings is 1. The van der Waals surface area contributed by atoms with E-state index in [4.69, 9.17) is 16.3 Å². The molecule has 0 bridgehead atoms. The fourth-order valence-corrected chi connectivity index (χ4v) is 1.30. The van der Waals surface area contributed by atoms with Crippen LogP contribution in [0.3, 0.4) is 0 Å². The SMILES string of the molecule is C[C@]1(C(=O)/C=C\c2ccc(Cl)cc2)CO1. The van der Waals surface area contributed by atoms with Gasteiger partial charge in [0.2, 0.25) is 0 Å². The molecule has 1 aliphatic heterocycles. The Labute approximate surface area is 93.5 Å². The molecule has 0 spiro atoms. The number of hydrogen-bond acceptors (Lipinski definition) is 2. The molecule has 1 aromatic carbocycles. The van der Waals surface area contributed by atoms with Crippen LogP contribution in [0.4, 0.5) is 0 Å². The minimum atomic E-state index is -0.567. The van der Waals surface area contributed by atoms with Crippen LogP contribution in [0.5, 0.6) is 0 Å². The number of ketones is 1. The van der Waals surface area contributed by atoms with E-state index < -0.39 is 5.60 Å². The van der Waals surface area contributed by atoms with E-state index in [1.165, 1.54) is 0 Å². The molecule has 1 fully saturated rings. The molecule has 0 unspecified atom stereocenters. The van der Waals surface area contributed by atoms with Crippen molar-refractivity contribution in [1.29, 1.82) is 0 Å². The van der Waals surface area contributed by atoms with Crippen LogP contribution < -0.4 is 0 Å². The summed E-state index contributed by atoms with van der Waals surface area (Å²) in [6.45, 7) is 2.32. The first kappa shape index (κ1) is 10.4. The van der Waals surface area contributed by atoms with E-state index in [0.717, 1.165) is 5.56 Å². The van der Waals surface area contributed by atoms with Crippen molar-refractivity contribution in [2.75, 3.05) is 6.61 Å². The van der Waals surface area contributed by atoms with Gasteiger partial charge in [0.25, 0.3) is 0 Å². The smallest absolute Gasteiger partial charge is 0.189 e. The minimum Gasteiger partial charge on any atom is -0.361 e. The second kappa shape index (κ2) is 3.80. The Morgan fingerprint density at radius 2 is 2.07 bits per heavy atom. The summed E-state index contributed by atoms with van der Waals surface area (Å²) in [6, 6.07) is 7.31. The van der Waals surface area contributed by atoms with Crippen molar-refractivity contribution in [3.8, 4) is 0 Å². The van der Waals surface area contributed by atoms with Gasteiger partial charge >= 0.3 is 0 Å². The first-order valence-electron chi connectivity index (χ1n) is 4.72. The molecule has 0 amide bonds. The maximum atomic E-state index is 11.5. The summed E-state index contributed by atoms with van der Waals surface area (Å²) >= 11 is 5.75. The largest absolute Gasteiger partial charge is 0.361 e. The fraction of sp³-hybridized carbons (Fsp3) is 0.250. The van der Waals surface area contributed by atoms with E-state index >= 15 is 0 Å². The third-order valence-corrected chi connectivity index (χ3v) is 2.65. The van der Waals surface area contributed by atoms with Gasteiger partial charge in [-0.3, -0.25) is 4.79 Å². The lowest BCUT2D eigenvalue weighted by Gasteiger charge is -1.97. The van der Waals surface area contributed by atoms with Crippen LogP contribution in [-0.2, 0) is 9.53 Å². The lowest BCUT2D eigenvalue weighted by Crippen LogP contribution is -2.17. The van der Waals surface area contributed by atoms with Gasteiger partial charge in [-0.05, 0) is 30.7 Å². The molecule has 1 atom stereocenters. The van der Waals surface area contributed by atoms with Crippen LogP contribution in [0.25, 0.3) is 6.08 Å². The average Bonchev–Trinajstić information content (AvgIpc) is 2.97. The monoisotopic (exact) mass is 222 g/mol. The van der Waals surface area contributed by atoms with Crippen LogP contribution in [0.2, 0.25) is 5.02 Å². The molecule has 1 saturated heterocycles. The maximum absolute atomic E-state index is 11.5. The summed E-state index contributed by atoms with van der Waals surface area (Å²) in [4.78, 5) is 11.5. The Balaban J connectivity index is 2.05. The fourth-order valence-electron chi connectivity index (χ4n) is 1.17. The van der Waals surface area contributed by atoms with Crippen molar-refractivity contribution in [3.63, 3.8) is 0 Å². The van der Waals surface area contributed by atoms with Crippen LogP contribution >= 0.6 is 11.6 Å². The van der Waals surface area contributed by atoms with Crippen molar-refractivity contribution >= 4 is 23.5 Å². The van der Waals surface area contributed by atoms with Gasteiger partial charge in [-0.25, -0.2) is 0 Å². The van der Waals surface area contributed by atoms with E-state index in [1.807, 2.05) is 12.1 Å². The summed E-state index contributed by atoms with van der Waals surface area (Å²) in [7, 11) is 0. The van der Waals surface area contributed by atoms with Gasteiger partial charge in [-0.15, -0.1) is 0 Å². The molecule has 0 radical (unpaired) electrons. The molecule has 1 aromatic rings. The van der Waals surface area contributed by atoms with Gasteiger partial charge < -0.3 is 4.74 Å². The second-order valence-corrected chi connectivity index (χ2v) is 4.21. The van der Waals surface area contributed by atoms with Crippen molar-refractivity contribution in [2.24, 2.45) is 0 Å². The third kappa shape index (κ3) is 2.46. The number of hydrogen-bond donors (Lipinski definition) is 0. The predicted octanol–water partition coefficient (Wildman–Crippen LogP) is 2.71. The molecule has 2 nitrogen and oxygen atoms in total. The number of halogens is 1. The molecule has 78 valence electrons. The summed E-state index contributed by atoms with van der Waals surface area (Å²) < 4.78 is 5.04. The van der Waals surface area contributed by atoms with E-state index in [0.29, 0.717) is 11.6 Å². The van der Waals surface area contributed by atoms with E-state index in [9.17, 15) is 4.79 Å². The second-order valence-electron chi connectivity index (χ2n) is 3.77. The van der Waals surface area contributed by atoms with Crippen LogP contribution in [-0.4, -0.2) is 18.0 Å². The number of benzene rings is 1. The van der Waals surface area contributed by atoms with Crippen LogP contribution in [0, 0.1) is 0 Å². The highest BCUT2D eigenvalue weighted by Gasteiger charge is 2.45. The van der Waals surface area contributed by atoms with Crippen LogP contribution in [0.1, 0.15) is 12.5 Å². The van der Waals surface area contributed by atoms with Crippen LogP contribution in [0.15, 0.2) is 30.3 Å². The highest BCUT2D eigenvalue weighted by Crippen LogP contribution is 2.27. The molecule has 0 saturated carbocycles. The number of carbonyl (C=O) groups is 1. The summed E-state index contributed by atoms with van der Waals surface area (Å²) in [5, 5.41) is 0.691. The molecule has 0 N–H and O–H groups in total. The average molecular weight is 223 g/mol. The van der Waals surface area contributed by atoms with Gasteiger partial charge in [0, 0.05) is 5.02 Å². The molecule has 0 aromatic heterocycles. The quantitative estimate of drug-likeness (QED) is 0.581. The summed E-state index contributed by atoms with van der Waals surface area (Å²) in [5.41, 5.74) is 0.389. The van der Waals surface area contributed by atoms with E-state index in [2.05, 4.69) is 0 Å². The lowest BCUT2D eigenvalue weighted by atomic mass is 10.1. The molecular weight excluding hydrogens is 212 g/mol. The molecule has 3 heteroatoms. The molecule has 1 aliphatic rings. The molecular formula is C12H11ClO2. The van der Waals surface area contributed by atoms with Crippen molar-refractivity contribution in [1.82, 2.24) is 0 Å². The number of carbonyl (C=O) groups excluding carboxylic acids is 1. The Hall–Kier alpha value is -1.12. The van der Waals surface area contributed by atoms with Gasteiger partial charge in [0.1, 0.15) is 0 Å². The Kier molecular flexibility index (Phi) is 2.63. The normalized spacial score (nSPS) is 24.4. The Morgan fingerprint density at radius 3 is 2.60 bits per heavy atom. The first-order chi connectivity index (χ1) is 7.10. The van der Waals surface area contributed by atoms with Gasteiger partial charge in [0.15, 0.2) is 11.4 Å². The minimum absolute atomic E-state index is 0.0115. The topological polar surface area (TPSA) is 29.6 Å². The van der Waals surface area contributed by atoms with Crippen molar-refractivity contribution in [2.45, 2.75) is 12.5 Å². The van der Waals surface area contributed by atoms with E-state index in [-0.39, 0.29) is 5.78 Å². The predicted molar refractivity (Wildman–Crippen MR) is 59.9 cm³/mol. The first-order valence-corrected chi connectivity index (χ1v) is 5.10. The molecule has 2 rings (SSSR count). The third-order valence-electron chi connectivity index (χ3n) is 2.40. The van der Waals surface area contributed by atoms with Crippen molar-refractivity contribution in [3.05, 3.63) is 40.9 Å². The lowest BCUT2D eigenvalue weighted by molar-refractivity contribution is -0.118. The zero-order valence-electron chi connectivity index (χ0n) is 8.37. The standard InChI is InChI=1S/C12H11ClO2/c1-12(8-15-12)11(14)7-4-9-2-5-10(13)6-3-9/h2-7H,8H2,1H3/b7-4-/t12-/m1/s1. The maximum Gasteiger partial charge on any atom is 0.189 e. The zero-order chi connectivity index (χ0) is 10.9. The molecule has 0 aliphatic carbocycles. The van der Waals surface area contributed by atoms with Gasteiger partial charge in [-0.1, -0.05) is 29.8 Å². The van der Waals surface area contributed by atoms with Crippen molar-refractivity contribution < 1.29 is 9.53 Å². The van der Waals surface area contributed by atoms with Gasteiger partial charge in [-0.2, -0.15) is 0 Å². The summed E-state index contributed by atoms with van der Waals surface area (Å²) in [6.07, 6.45) is 3.32. The number of rotatable bonds is 3. The number of ether oxygens (including phenoxy) is 1. The zero-order valence-corrected chi connectivity index (χ0v) is 9.12. The highest BCUT2D eigenvalue weighted by molar-refractivity contribution is 6.30. The van der Waals surface area contributed by atoms with E-state index in [1.54, 1.807) is 31.2 Å². The molecule has 15 heavy (non-hydrogen) atoms. The Bertz CT molecular complexity index is 402. The van der Waals surface area contributed by atoms with Gasteiger partial charge in [0.05, 0.1) is 6.61 Å². The Morgan fingerprint density at radius 1 is 1.47 bits per heavy atom. The summed E-state index contributed by atoms with van der Waals surface area (Å²) in [5.74, 6) is 0.0115. The highest BCUT2D eigenvalue weighted by atomic mass is 35.5. The molecule has 1 heterocycles.